The number of hydrogen-bond donors (Lipinski definition) is 1. The Labute approximate surface area is 121 Å². The molecule has 0 saturated heterocycles. The molecule has 2 nitrogen and oxygen atoms in total. The van der Waals surface area contributed by atoms with E-state index in [1.165, 1.54) is 0 Å². The zero-order chi connectivity index (χ0) is 13.4. The summed E-state index contributed by atoms with van der Waals surface area (Å²) in [5.41, 5.74) is 2.71. The summed E-state index contributed by atoms with van der Waals surface area (Å²) in [6, 6.07) is 11.3. The van der Waals surface area contributed by atoms with Crippen LogP contribution in [0.3, 0.4) is 0 Å². The standard InChI is InChI=1S/C15H12Cl2O2/c16-12-4-2-1-3-11(12)14-13(17)6-5-9-7-10(8-18)19-15(9)14/h1-6,10,18H,7-8H2. The number of benzene rings is 2. The van der Waals surface area contributed by atoms with Crippen molar-refractivity contribution >= 4 is 23.2 Å². The number of aliphatic hydroxyl groups is 1. The van der Waals surface area contributed by atoms with Crippen molar-refractivity contribution in [3.8, 4) is 16.9 Å². The Morgan fingerprint density at radius 3 is 2.63 bits per heavy atom. The van der Waals surface area contributed by atoms with Crippen molar-refractivity contribution in [1.29, 1.82) is 0 Å². The number of aliphatic hydroxyl groups excluding tert-OH is 1. The molecule has 1 atom stereocenters. The molecule has 1 aliphatic rings. The summed E-state index contributed by atoms with van der Waals surface area (Å²) in [5.74, 6) is 0.736. The van der Waals surface area contributed by atoms with Gasteiger partial charge in [0.15, 0.2) is 0 Å². The lowest BCUT2D eigenvalue weighted by molar-refractivity contribution is 0.135. The first-order valence-electron chi connectivity index (χ1n) is 6.04. The predicted octanol–water partition coefficient (Wildman–Crippen LogP) is 3.96. The van der Waals surface area contributed by atoms with Gasteiger partial charge in [0, 0.05) is 22.6 Å². The zero-order valence-electron chi connectivity index (χ0n) is 10.1. The molecule has 98 valence electrons. The molecule has 0 spiro atoms. The van der Waals surface area contributed by atoms with Gasteiger partial charge in [0.25, 0.3) is 0 Å². The Kier molecular flexibility index (Phi) is 3.40. The number of rotatable bonds is 2. The summed E-state index contributed by atoms with van der Waals surface area (Å²) in [6.45, 7) is -0.00569. The molecule has 1 aliphatic heterocycles. The van der Waals surface area contributed by atoms with Gasteiger partial charge in [-0.15, -0.1) is 0 Å². The second-order valence-corrected chi connectivity index (χ2v) is 5.33. The molecule has 0 saturated carbocycles. The topological polar surface area (TPSA) is 29.5 Å². The van der Waals surface area contributed by atoms with Crippen molar-refractivity contribution in [3.63, 3.8) is 0 Å². The zero-order valence-corrected chi connectivity index (χ0v) is 11.6. The first kappa shape index (κ1) is 12.8. The molecule has 1 unspecified atom stereocenters. The second kappa shape index (κ2) is 5.04. The van der Waals surface area contributed by atoms with Gasteiger partial charge < -0.3 is 9.84 Å². The van der Waals surface area contributed by atoms with E-state index in [1.807, 2.05) is 36.4 Å². The van der Waals surface area contributed by atoms with Crippen molar-refractivity contribution < 1.29 is 9.84 Å². The van der Waals surface area contributed by atoms with E-state index in [0.717, 1.165) is 22.4 Å². The molecule has 3 rings (SSSR count). The van der Waals surface area contributed by atoms with Gasteiger partial charge >= 0.3 is 0 Å². The minimum atomic E-state index is -0.199. The van der Waals surface area contributed by atoms with E-state index in [9.17, 15) is 5.11 Å². The fourth-order valence-electron chi connectivity index (χ4n) is 2.37. The van der Waals surface area contributed by atoms with E-state index in [2.05, 4.69) is 0 Å². The van der Waals surface area contributed by atoms with Crippen LogP contribution < -0.4 is 4.74 Å². The molecule has 4 heteroatoms. The van der Waals surface area contributed by atoms with Crippen molar-refractivity contribution in [1.82, 2.24) is 0 Å². The van der Waals surface area contributed by atoms with Gasteiger partial charge in [-0.05, 0) is 17.7 Å². The molecule has 0 radical (unpaired) electrons. The number of halogens is 2. The van der Waals surface area contributed by atoms with Crippen LogP contribution in [0.15, 0.2) is 36.4 Å². The van der Waals surface area contributed by atoms with Gasteiger partial charge in [-0.2, -0.15) is 0 Å². The minimum absolute atomic E-state index is 0.00569. The summed E-state index contributed by atoms with van der Waals surface area (Å²) in [6.07, 6.45) is 0.496. The molecule has 0 bridgehead atoms. The summed E-state index contributed by atoms with van der Waals surface area (Å²) >= 11 is 12.5. The molecule has 0 amide bonds. The molecule has 0 fully saturated rings. The van der Waals surface area contributed by atoms with Gasteiger partial charge in [-0.1, -0.05) is 47.5 Å². The van der Waals surface area contributed by atoms with Crippen LogP contribution in [-0.2, 0) is 6.42 Å². The smallest absolute Gasteiger partial charge is 0.132 e. The molecule has 1 N–H and O–H groups in total. The molecular formula is C15H12Cl2O2. The number of ether oxygens (including phenoxy) is 1. The van der Waals surface area contributed by atoms with Crippen LogP contribution >= 0.6 is 23.2 Å². The second-order valence-electron chi connectivity index (χ2n) is 4.52. The van der Waals surface area contributed by atoms with Crippen LogP contribution in [0.5, 0.6) is 5.75 Å². The predicted molar refractivity (Wildman–Crippen MR) is 77.1 cm³/mol. The molecule has 2 aromatic rings. The Balaban J connectivity index is 2.18. The highest BCUT2D eigenvalue weighted by Crippen LogP contribution is 2.45. The van der Waals surface area contributed by atoms with Crippen molar-refractivity contribution in [2.75, 3.05) is 6.61 Å². The molecule has 2 aromatic carbocycles. The van der Waals surface area contributed by atoms with E-state index in [-0.39, 0.29) is 12.7 Å². The number of fused-ring (bicyclic) bond motifs is 1. The van der Waals surface area contributed by atoms with Gasteiger partial charge in [0.1, 0.15) is 11.9 Å². The lowest BCUT2D eigenvalue weighted by Gasteiger charge is -2.13. The van der Waals surface area contributed by atoms with Gasteiger partial charge in [-0.25, -0.2) is 0 Å². The van der Waals surface area contributed by atoms with Crippen LogP contribution in [0.4, 0.5) is 0 Å². The lowest BCUT2D eigenvalue weighted by Crippen LogP contribution is -2.17. The van der Waals surface area contributed by atoms with Crippen molar-refractivity contribution in [2.24, 2.45) is 0 Å². The normalized spacial score (nSPS) is 17.1. The van der Waals surface area contributed by atoms with E-state index in [4.69, 9.17) is 27.9 Å². The highest BCUT2D eigenvalue weighted by molar-refractivity contribution is 6.36. The maximum atomic E-state index is 9.24. The first-order chi connectivity index (χ1) is 9.20. The third kappa shape index (κ3) is 2.20. The largest absolute Gasteiger partial charge is 0.487 e. The maximum Gasteiger partial charge on any atom is 0.132 e. The minimum Gasteiger partial charge on any atom is -0.487 e. The Morgan fingerprint density at radius 1 is 1.11 bits per heavy atom. The van der Waals surface area contributed by atoms with Crippen LogP contribution in [0, 0.1) is 0 Å². The van der Waals surface area contributed by atoms with Crippen molar-refractivity contribution in [2.45, 2.75) is 12.5 Å². The quantitative estimate of drug-likeness (QED) is 0.908. The van der Waals surface area contributed by atoms with E-state index in [1.54, 1.807) is 0 Å². The average Bonchev–Trinajstić information content (AvgIpc) is 2.83. The Morgan fingerprint density at radius 2 is 1.89 bits per heavy atom. The highest BCUT2D eigenvalue weighted by atomic mass is 35.5. The number of hydrogen-bond acceptors (Lipinski definition) is 2. The highest BCUT2D eigenvalue weighted by Gasteiger charge is 2.27. The average molecular weight is 295 g/mol. The monoisotopic (exact) mass is 294 g/mol. The molecule has 0 aliphatic carbocycles. The first-order valence-corrected chi connectivity index (χ1v) is 6.80. The fourth-order valence-corrected chi connectivity index (χ4v) is 2.85. The van der Waals surface area contributed by atoms with Gasteiger partial charge in [-0.3, -0.25) is 0 Å². The molecular weight excluding hydrogens is 283 g/mol. The van der Waals surface area contributed by atoms with Crippen LogP contribution in [0.2, 0.25) is 10.0 Å². The van der Waals surface area contributed by atoms with Crippen molar-refractivity contribution in [3.05, 3.63) is 52.0 Å². The van der Waals surface area contributed by atoms with Gasteiger partial charge in [0.2, 0.25) is 0 Å². The van der Waals surface area contributed by atoms with E-state index in [0.29, 0.717) is 16.5 Å². The summed E-state index contributed by atoms with van der Waals surface area (Å²) < 4.78 is 5.78. The van der Waals surface area contributed by atoms with Crippen LogP contribution in [-0.4, -0.2) is 17.8 Å². The lowest BCUT2D eigenvalue weighted by atomic mass is 10.0. The summed E-state index contributed by atoms with van der Waals surface area (Å²) in [4.78, 5) is 0. The molecule has 1 heterocycles. The third-order valence-corrected chi connectivity index (χ3v) is 3.91. The van der Waals surface area contributed by atoms with E-state index >= 15 is 0 Å². The summed E-state index contributed by atoms with van der Waals surface area (Å²) in [5, 5.41) is 10.5. The van der Waals surface area contributed by atoms with Crippen LogP contribution in [0.1, 0.15) is 5.56 Å². The van der Waals surface area contributed by atoms with Gasteiger partial charge in [0.05, 0.1) is 11.6 Å². The maximum absolute atomic E-state index is 9.24. The third-order valence-electron chi connectivity index (χ3n) is 3.27. The van der Waals surface area contributed by atoms with Crippen LogP contribution in [0.25, 0.3) is 11.1 Å². The Hall–Kier alpha value is -1.22. The fraction of sp³-hybridized carbons (Fsp3) is 0.200. The summed E-state index contributed by atoms with van der Waals surface area (Å²) in [7, 11) is 0. The molecule has 0 aromatic heterocycles. The SMILES string of the molecule is OCC1Cc2ccc(Cl)c(-c3ccccc3Cl)c2O1. The van der Waals surface area contributed by atoms with E-state index < -0.39 is 0 Å². The Bertz CT molecular complexity index is 626. The molecule has 19 heavy (non-hydrogen) atoms.